The van der Waals surface area contributed by atoms with E-state index >= 15 is 0 Å². The van der Waals surface area contributed by atoms with Gasteiger partial charge in [-0.1, -0.05) is 13.8 Å². The van der Waals surface area contributed by atoms with Gasteiger partial charge in [0.1, 0.15) is 24.0 Å². The highest BCUT2D eigenvalue weighted by Gasteiger charge is 2.27. The lowest BCUT2D eigenvalue weighted by atomic mass is 10.0. The van der Waals surface area contributed by atoms with Crippen LogP contribution in [0.4, 0.5) is 4.79 Å². The first-order valence-electron chi connectivity index (χ1n) is 9.42. The first kappa shape index (κ1) is 24.7. The number of hydrogen-bond donors (Lipinski definition) is 2. The highest BCUT2D eigenvalue weighted by Crippen LogP contribution is 2.16. The van der Waals surface area contributed by atoms with Crippen LogP contribution in [0.1, 0.15) is 41.5 Å². The molecule has 1 aromatic rings. The fraction of sp³-hybridized carbons (Fsp3) is 0.600. The van der Waals surface area contributed by atoms with Gasteiger partial charge in [0.05, 0.1) is 10.9 Å². The summed E-state index contributed by atoms with van der Waals surface area (Å²) in [7, 11) is -3.26. The van der Waals surface area contributed by atoms with Gasteiger partial charge in [-0.05, 0) is 57.9 Å². The fourth-order valence-electron chi connectivity index (χ4n) is 2.35. The minimum Gasteiger partial charge on any atom is -0.491 e. The van der Waals surface area contributed by atoms with Crippen molar-refractivity contribution >= 4 is 21.8 Å². The highest BCUT2D eigenvalue weighted by atomic mass is 32.2. The van der Waals surface area contributed by atoms with Crippen LogP contribution in [0.2, 0.25) is 0 Å². The normalized spacial score (nSPS) is 14.1. The maximum atomic E-state index is 12.6. The Labute approximate surface area is 173 Å². The maximum Gasteiger partial charge on any atom is 0.408 e. The predicted molar refractivity (Wildman–Crippen MR) is 111 cm³/mol. The van der Waals surface area contributed by atoms with Crippen molar-refractivity contribution in [2.75, 3.05) is 12.9 Å². The van der Waals surface area contributed by atoms with E-state index in [1.807, 2.05) is 13.8 Å². The molecule has 0 aromatic heterocycles. The van der Waals surface area contributed by atoms with Crippen molar-refractivity contribution in [2.45, 2.75) is 64.1 Å². The van der Waals surface area contributed by atoms with E-state index in [4.69, 9.17) is 9.47 Å². The van der Waals surface area contributed by atoms with E-state index in [0.717, 1.165) is 6.26 Å². The molecule has 1 unspecified atom stereocenters. The molecule has 1 rings (SSSR count). The molecule has 0 radical (unpaired) electrons. The van der Waals surface area contributed by atoms with Crippen molar-refractivity contribution in [3.05, 3.63) is 24.3 Å². The van der Waals surface area contributed by atoms with Crippen LogP contribution in [-0.4, -0.2) is 51.0 Å². The van der Waals surface area contributed by atoms with Crippen molar-refractivity contribution in [1.82, 2.24) is 10.6 Å². The molecular formula is C20H32N2O6S. The minimum atomic E-state index is -3.26. The topological polar surface area (TPSA) is 111 Å². The predicted octanol–water partition coefficient (Wildman–Crippen LogP) is 2.52. The summed E-state index contributed by atoms with van der Waals surface area (Å²) < 4.78 is 33.8. The van der Waals surface area contributed by atoms with Gasteiger partial charge in [-0.25, -0.2) is 13.2 Å². The SMILES string of the molecule is CC(COc1ccc(S(C)(=O)=O)cc1)NC(=O)[C@@H](NC(=O)OC(C)(C)C)C(C)C. The lowest BCUT2D eigenvalue weighted by molar-refractivity contribution is -0.125. The molecule has 0 aliphatic rings. The first-order valence-corrected chi connectivity index (χ1v) is 11.3. The van der Waals surface area contributed by atoms with E-state index in [1.165, 1.54) is 12.1 Å². The Balaban J connectivity index is 2.61. The number of benzene rings is 1. The number of rotatable bonds is 8. The molecule has 2 amide bonds. The summed E-state index contributed by atoms with van der Waals surface area (Å²) in [5.41, 5.74) is -0.657. The molecule has 0 saturated heterocycles. The molecule has 0 saturated carbocycles. The molecule has 0 heterocycles. The Morgan fingerprint density at radius 2 is 1.59 bits per heavy atom. The van der Waals surface area contributed by atoms with Gasteiger partial charge < -0.3 is 20.1 Å². The van der Waals surface area contributed by atoms with Crippen molar-refractivity contribution in [1.29, 1.82) is 0 Å². The van der Waals surface area contributed by atoms with Gasteiger partial charge in [0, 0.05) is 6.26 Å². The van der Waals surface area contributed by atoms with Gasteiger partial charge in [-0.3, -0.25) is 4.79 Å². The molecule has 0 aliphatic carbocycles. The average Bonchev–Trinajstić information content (AvgIpc) is 2.55. The summed E-state index contributed by atoms with van der Waals surface area (Å²) in [6.07, 6.45) is 0.484. The van der Waals surface area contributed by atoms with E-state index in [9.17, 15) is 18.0 Å². The highest BCUT2D eigenvalue weighted by molar-refractivity contribution is 7.90. The molecule has 2 atom stereocenters. The molecule has 2 N–H and O–H groups in total. The molecule has 0 bridgehead atoms. The third-order valence-electron chi connectivity index (χ3n) is 3.76. The smallest absolute Gasteiger partial charge is 0.408 e. The fourth-order valence-corrected chi connectivity index (χ4v) is 2.98. The Bertz CT molecular complexity index is 797. The quantitative estimate of drug-likeness (QED) is 0.658. The van der Waals surface area contributed by atoms with E-state index in [1.54, 1.807) is 39.8 Å². The van der Waals surface area contributed by atoms with Crippen LogP contribution in [-0.2, 0) is 19.4 Å². The summed E-state index contributed by atoms with van der Waals surface area (Å²) in [4.78, 5) is 24.8. The van der Waals surface area contributed by atoms with E-state index in [2.05, 4.69) is 10.6 Å². The summed E-state index contributed by atoms with van der Waals surface area (Å²) in [6.45, 7) is 10.9. The Kier molecular flexibility index (Phi) is 8.50. The summed E-state index contributed by atoms with van der Waals surface area (Å²) in [5, 5.41) is 5.41. The van der Waals surface area contributed by atoms with Crippen LogP contribution in [0.25, 0.3) is 0 Å². The number of hydrogen-bond acceptors (Lipinski definition) is 6. The summed E-state index contributed by atoms with van der Waals surface area (Å²) >= 11 is 0. The molecule has 1 aromatic carbocycles. The lowest BCUT2D eigenvalue weighted by Crippen LogP contribution is -2.53. The van der Waals surface area contributed by atoms with Crippen molar-refractivity contribution in [2.24, 2.45) is 5.92 Å². The molecule has 0 fully saturated rings. The molecule has 0 aliphatic heterocycles. The number of nitrogens with one attached hydrogen (secondary N) is 2. The monoisotopic (exact) mass is 428 g/mol. The van der Waals surface area contributed by atoms with Crippen LogP contribution in [0.5, 0.6) is 5.75 Å². The standard InChI is InChI=1S/C20H32N2O6S/c1-13(2)17(22-19(24)28-20(4,5)6)18(23)21-14(3)12-27-15-8-10-16(11-9-15)29(7,25)26/h8-11,13-14,17H,12H2,1-7H3,(H,21,23)(H,22,24)/t14?,17-/m0/s1. The molecule has 9 heteroatoms. The van der Waals surface area contributed by atoms with E-state index in [-0.39, 0.29) is 29.4 Å². The largest absolute Gasteiger partial charge is 0.491 e. The average molecular weight is 429 g/mol. The number of carbonyl (C=O) groups excluding carboxylic acids is 2. The number of sulfone groups is 1. The second-order valence-corrected chi connectivity index (χ2v) is 10.3. The zero-order chi connectivity index (χ0) is 22.4. The molecule has 164 valence electrons. The Hall–Kier alpha value is -2.29. The van der Waals surface area contributed by atoms with Gasteiger partial charge in [0.2, 0.25) is 5.91 Å². The Morgan fingerprint density at radius 1 is 1.03 bits per heavy atom. The van der Waals surface area contributed by atoms with Crippen molar-refractivity contribution < 1.29 is 27.5 Å². The zero-order valence-electron chi connectivity index (χ0n) is 18.1. The van der Waals surface area contributed by atoms with Crippen molar-refractivity contribution in [3.8, 4) is 5.75 Å². The van der Waals surface area contributed by atoms with Gasteiger partial charge in [0.15, 0.2) is 9.84 Å². The lowest BCUT2D eigenvalue weighted by Gasteiger charge is -2.26. The van der Waals surface area contributed by atoms with Crippen molar-refractivity contribution in [3.63, 3.8) is 0 Å². The minimum absolute atomic E-state index is 0.140. The number of alkyl carbamates (subject to hydrolysis) is 1. The molecule has 29 heavy (non-hydrogen) atoms. The number of amides is 2. The van der Waals surface area contributed by atoms with Crippen LogP contribution >= 0.6 is 0 Å². The van der Waals surface area contributed by atoms with Gasteiger partial charge in [0.25, 0.3) is 0 Å². The molecule has 0 spiro atoms. The summed E-state index contributed by atoms with van der Waals surface area (Å²) in [5.74, 6) is 0.0133. The zero-order valence-corrected chi connectivity index (χ0v) is 18.9. The van der Waals surface area contributed by atoms with Crippen LogP contribution < -0.4 is 15.4 Å². The third-order valence-corrected chi connectivity index (χ3v) is 4.89. The van der Waals surface area contributed by atoms with Gasteiger partial charge in [-0.2, -0.15) is 0 Å². The maximum absolute atomic E-state index is 12.6. The van der Waals surface area contributed by atoms with Crippen LogP contribution in [0.3, 0.4) is 0 Å². The van der Waals surface area contributed by atoms with Crippen LogP contribution in [0.15, 0.2) is 29.2 Å². The summed E-state index contributed by atoms with van der Waals surface area (Å²) in [6, 6.07) is 4.97. The third kappa shape index (κ3) is 9.17. The van der Waals surface area contributed by atoms with E-state index < -0.39 is 27.6 Å². The first-order chi connectivity index (χ1) is 13.2. The second-order valence-electron chi connectivity index (χ2n) is 8.33. The second kappa shape index (κ2) is 9.96. The van der Waals surface area contributed by atoms with Gasteiger partial charge in [-0.15, -0.1) is 0 Å². The van der Waals surface area contributed by atoms with E-state index in [0.29, 0.717) is 5.75 Å². The molecule has 8 nitrogen and oxygen atoms in total. The Morgan fingerprint density at radius 3 is 2.03 bits per heavy atom. The molecular weight excluding hydrogens is 396 g/mol. The number of ether oxygens (including phenoxy) is 2. The van der Waals surface area contributed by atoms with Crippen LogP contribution in [0, 0.1) is 5.92 Å². The van der Waals surface area contributed by atoms with Gasteiger partial charge >= 0.3 is 6.09 Å². The number of carbonyl (C=O) groups is 2.